The maximum absolute atomic E-state index is 11.5. The minimum Gasteiger partial charge on any atom is -0.456 e. The van der Waals surface area contributed by atoms with E-state index in [4.69, 9.17) is 14.2 Å². The Hall–Kier alpha value is -1.75. The lowest BCUT2D eigenvalue weighted by Crippen LogP contribution is -2.47. The van der Waals surface area contributed by atoms with Gasteiger partial charge in [-0.1, -0.05) is 6.42 Å². The number of carbonyl (C=O) groups is 1. The van der Waals surface area contributed by atoms with E-state index in [1.165, 1.54) is 25.3 Å². The van der Waals surface area contributed by atoms with Crippen molar-refractivity contribution in [1.29, 1.82) is 0 Å². The summed E-state index contributed by atoms with van der Waals surface area (Å²) in [4.78, 5) is 14.0. The molecule has 0 unspecified atom stereocenters. The van der Waals surface area contributed by atoms with Gasteiger partial charge in [0.15, 0.2) is 11.5 Å². The van der Waals surface area contributed by atoms with Gasteiger partial charge in [-0.25, -0.2) is 0 Å². The summed E-state index contributed by atoms with van der Waals surface area (Å²) in [6.07, 6.45) is 3.29. The second-order valence-electron chi connectivity index (χ2n) is 5.97. The fourth-order valence-electron chi connectivity index (χ4n) is 3.70. The van der Waals surface area contributed by atoms with Crippen molar-refractivity contribution in [2.45, 2.75) is 44.9 Å². The molecule has 3 aliphatic heterocycles. The lowest BCUT2D eigenvalue weighted by Gasteiger charge is -2.44. The Morgan fingerprint density at radius 3 is 2.90 bits per heavy atom. The molecule has 5 nitrogen and oxygen atoms in total. The molecule has 3 heterocycles. The van der Waals surface area contributed by atoms with Gasteiger partial charge in [0.1, 0.15) is 6.10 Å². The van der Waals surface area contributed by atoms with E-state index < -0.39 is 0 Å². The van der Waals surface area contributed by atoms with Gasteiger partial charge in [-0.05, 0) is 37.1 Å². The normalized spacial score (nSPS) is 26.9. The van der Waals surface area contributed by atoms with E-state index in [9.17, 15) is 4.79 Å². The van der Waals surface area contributed by atoms with E-state index in [1.54, 1.807) is 0 Å². The predicted molar refractivity (Wildman–Crippen MR) is 75.1 cm³/mol. The minimum absolute atomic E-state index is 0.193. The summed E-state index contributed by atoms with van der Waals surface area (Å²) in [7, 11) is 0. The number of carbonyl (C=O) groups excluding carboxylic acids is 1. The molecule has 0 spiro atoms. The lowest BCUT2D eigenvalue weighted by molar-refractivity contribution is -0.152. The van der Waals surface area contributed by atoms with Crippen LogP contribution in [0.5, 0.6) is 11.5 Å². The first-order chi connectivity index (χ1) is 10.2. The fourth-order valence-corrected chi connectivity index (χ4v) is 3.70. The minimum atomic E-state index is -0.226. The van der Waals surface area contributed by atoms with Crippen LogP contribution in [0.15, 0.2) is 12.1 Å². The zero-order valence-electron chi connectivity index (χ0n) is 12.1. The zero-order valence-corrected chi connectivity index (χ0v) is 12.1. The smallest absolute Gasteiger partial charge is 0.303 e. The third kappa shape index (κ3) is 2.16. The highest BCUT2D eigenvalue weighted by molar-refractivity contribution is 5.66. The maximum Gasteiger partial charge on any atom is 0.303 e. The molecule has 0 bridgehead atoms. The van der Waals surface area contributed by atoms with Crippen LogP contribution < -0.4 is 9.47 Å². The molecule has 0 saturated carbocycles. The van der Waals surface area contributed by atoms with Crippen molar-refractivity contribution in [3.05, 3.63) is 23.3 Å². The Kier molecular flexibility index (Phi) is 3.03. The molecule has 2 atom stereocenters. The molecule has 0 aliphatic carbocycles. The molecule has 112 valence electrons. The van der Waals surface area contributed by atoms with E-state index in [-0.39, 0.29) is 24.9 Å². The highest BCUT2D eigenvalue weighted by Gasteiger charge is 2.39. The van der Waals surface area contributed by atoms with Gasteiger partial charge >= 0.3 is 5.97 Å². The van der Waals surface area contributed by atoms with E-state index in [2.05, 4.69) is 4.90 Å². The number of rotatable bonds is 1. The summed E-state index contributed by atoms with van der Waals surface area (Å²) in [5.74, 6) is 1.33. The zero-order chi connectivity index (χ0) is 14.4. The first-order valence-corrected chi connectivity index (χ1v) is 7.56. The second-order valence-corrected chi connectivity index (χ2v) is 5.97. The molecule has 5 heteroatoms. The number of piperidine rings is 1. The van der Waals surface area contributed by atoms with Crippen molar-refractivity contribution in [2.75, 3.05) is 13.3 Å². The predicted octanol–water partition coefficient (Wildman–Crippen LogP) is 2.39. The Morgan fingerprint density at radius 1 is 1.29 bits per heavy atom. The van der Waals surface area contributed by atoms with Gasteiger partial charge < -0.3 is 14.2 Å². The number of fused-ring (bicyclic) bond motifs is 3. The van der Waals surface area contributed by atoms with Gasteiger partial charge in [0.2, 0.25) is 6.79 Å². The molecule has 4 rings (SSSR count). The van der Waals surface area contributed by atoms with Crippen LogP contribution in [0.3, 0.4) is 0 Å². The number of nitrogens with zero attached hydrogens (tertiary/aromatic N) is 1. The van der Waals surface area contributed by atoms with Crippen LogP contribution in [0.2, 0.25) is 0 Å². The lowest BCUT2D eigenvalue weighted by atomic mass is 9.85. The largest absolute Gasteiger partial charge is 0.456 e. The van der Waals surface area contributed by atoms with Crippen molar-refractivity contribution in [2.24, 2.45) is 0 Å². The molecule has 0 N–H and O–H groups in total. The Balaban J connectivity index is 1.77. The van der Waals surface area contributed by atoms with E-state index in [0.717, 1.165) is 36.6 Å². The van der Waals surface area contributed by atoms with Crippen molar-refractivity contribution in [3.8, 4) is 11.5 Å². The average molecular weight is 289 g/mol. The SMILES string of the molecule is CC(=O)O[C@@H]1c2cc3c(cc2CN2CCCC[C@H]12)OCO3. The Bertz CT molecular complexity index is 586. The third-order valence-corrected chi connectivity index (χ3v) is 4.62. The summed E-state index contributed by atoms with van der Waals surface area (Å²) >= 11 is 0. The quantitative estimate of drug-likeness (QED) is 0.743. The molecule has 0 amide bonds. The molecule has 21 heavy (non-hydrogen) atoms. The van der Waals surface area contributed by atoms with Crippen LogP contribution in [0.25, 0.3) is 0 Å². The number of ether oxygens (including phenoxy) is 3. The first kappa shape index (κ1) is 13.0. The highest BCUT2D eigenvalue weighted by atomic mass is 16.7. The number of esters is 1. The standard InChI is InChI=1S/C16H19NO4/c1-10(18)21-16-12-7-15-14(19-9-20-15)6-11(12)8-17-5-3-2-4-13(16)17/h6-7,13,16H,2-5,8-9H2,1H3/t13-,16-/m1/s1. The monoisotopic (exact) mass is 289 g/mol. The summed E-state index contributed by atoms with van der Waals surface area (Å²) in [6, 6.07) is 4.33. The first-order valence-electron chi connectivity index (χ1n) is 7.56. The Morgan fingerprint density at radius 2 is 2.10 bits per heavy atom. The summed E-state index contributed by atoms with van der Waals surface area (Å²) in [5.41, 5.74) is 2.27. The molecule has 1 aromatic carbocycles. The molecular formula is C16H19NO4. The third-order valence-electron chi connectivity index (χ3n) is 4.62. The summed E-state index contributed by atoms with van der Waals surface area (Å²) < 4.78 is 16.6. The average Bonchev–Trinajstić information content (AvgIpc) is 2.92. The fraction of sp³-hybridized carbons (Fsp3) is 0.562. The van der Waals surface area contributed by atoms with E-state index >= 15 is 0 Å². The van der Waals surface area contributed by atoms with Crippen molar-refractivity contribution in [1.82, 2.24) is 4.90 Å². The van der Waals surface area contributed by atoms with Gasteiger partial charge in [-0.2, -0.15) is 0 Å². The van der Waals surface area contributed by atoms with Gasteiger partial charge in [0.25, 0.3) is 0 Å². The van der Waals surface area contributed by atoms with Crippen LogP contribution >= 0.6 is 0 Å². The topological polar surface area (TPSA) is 48.0 Å². The molecule has 0 radical (unpaired) electrons. The van der Waals surface area contributed by atoms with Gasteiger partial charge in [-0.3, -0.25) is 9.69 Å². The van der Waals surface area contributed by atoms with Crippen molar-refractivity contribution < 1.29 is 19.0 Å². The number of hydrogen-bond donors (Lipinski definition) is 0. The second kappa shape index (κ2) is 4.91. The van der Waals surface area contributed by atoms with Crippen LogP contribution in [-0.2, 0) is 16.1 Å². The molecule has 1 aromatic rings. The van der Waals surface area contributed by atoms with Crippen molar-refractivity contribution in [3.63, 3.8) is 0 Å². The van der Waals surface area contributed by atoms with Gasteiger partial charge in [0.05, 0.1) is 6.04 Å². The van der Waals surface area contributed by atoms with Crippen LogP contribution in [0, 0.1) is 0 Å². The van der Waals surface area contributed by atoms with Crippen LogP contribution in [0.1, 0.15) is 43.4 Å². The van der Waals surface area contributed by atoms with Gasteiger partial charge in [-0.15, -0.1) is 0 Å². The number of benzene rings is 1. The maximum atomic E-state index is 11.5. The molecular weight excluding hydrogens is 270 g/mol. The van der Waals surface area contributed by atoms with E-state index in [1.807, 2.05) is 12.1 Å². The number of hydrogen-bond acceptors (Lipinski definition) is 5. The van der Waals surface area contributed by atoms with Gasteiger partial charge in [0, 0.05) is 19.0 Å². The summed E-state index contributed by atoms with van der Waals surface area (Å²) in [6.45, 7) is 3.71. The summed E-state index contributed by atoms with van der Waals surface area (Å²) in [5, 5.41) is 0. The molecule has 1 fully saturated rings. The van der Waals surface area contributed by atoms with Crippen molar-refractivity contribution >= 4 is 5.97 Å². The highest BCUT2D eigenvalue weighted by Crippen LogP contribution is 2.44. The molecule has 3 aliphatic rings. The molecule has 0 aromatic heterocycles. The molecule has 1 saturated heterocycles. The van der Waals surface area contributed by atoms with E-state index in [0.29, 0.717) is 0 Å². The van der Waals surface area contributed by atoms with Crippen LogP contribution in [-0.4, -0.2) is 30.2 Å². The van der Waals surface area contributed by atoms with Crippen LogP contribution in [0.4, 0.5) is 0 Å². The Labute approximate surface area is 123 Å².